The van der Waals surface area contributed by atoms with E-state index < -0.39 is 24.3 Å². The van der Waals surface area contributed by atoms with Crippen LogP contribution in [0.5, 0.6) is 0 Å². The molecule has 1 aromatic carbocycles. The number of esters is 1. The summed E-state index contributed by atoms with van der Waals surface area (Å²) in [5, 5.41) is 0. The Morgan fingerprint density at radius 3 is 2.52 bits per heavy atom. The monoisotopic (exact) mass is 310 g/mol. The number of aryl methyl sites for hydroxylation is 1. The Morgan fingerprint density at radius 1 is 1.17 bits per heavy atom. The predicted molar refractivity (Wildman–Crippen MR) is 81.8 cm³/mol. The third-order valence-electron chi connectivity index (χ3n) is 3.72. The van der Waals surface area contributed by atoms with Crippen LogP contribution in [0.4, 0.5) is 0 Å². The Bertz CT molecular complexity index is 815. The highest BCUT2D eigenvalue weighted by Crippen LogP contribution is 2.29. The Kier molecular flexibility index (Phi) is 3.65. The molecule has 6 heteroatoms. The minimum Gasteiger partial charge on any atom is -0.468 e. The Labute approximate surface area is 132 Å². The molecule has 1 aromatic heterocycles. The van der Waals surface area contributed by atoms with Crippen LogP contribution >= 0.6 is 0 Å². The van der Waals surface area contributed by atoms with Crippen molar-refractivity contribution in [1.29, 1.82) is 0 Å². The van der Waals surface area contributed by atoms with Gasteiger partial charge < -0.3 is 4.74 Å². The SMILES string of the molecule is COC(=O)CN1C(=O)c2cc(-c3ccccc3)nc(C)c2C1=O. The number of ether oxygens (including phenoxy) is 1. The van der Waals surface area contributed by atoms with Crippen molar-refractivity contribution in [2.75, 3.05) is 13.7 Å². The summed E-state index contributed by atoms with van der Waals surface area (Å²) in [6.07, 6.45) is 0. The van der Waals surface area contributed by atoms with E-state index in [0.717, 1.165) is 10.5 Å². The van der Waals surface area contributed by atoms with Crippen LogP contribution in [0.1, 0.15) is 26.4 Å². The molecule has 0 fully saturated rings. The Balaban J connectivity index is 2.05. The topological polar surface area (TPSA) is 76.6 Å². The molecule has 0 spiro atoms. The molecule has 6 nitrogen and oxygen atoms in total. The molecule has 1 aliphatic rings. The fraction of sp³-hybridized carbons (Fsp3) is 0.176. The fourth-order valence-electron chi connectivity index (χ4n) is 2.58. The van der Waals surface area contributed by atoms with Gasteiger partial charge in [-0.2, -0.15) is 0 Å². The van der Waals surface area contributed by atoms with Crippen LogP contribution in [-0.4, -0.2) is 41.3 Å². The molecule has 0 atom stereocenters. The van der Waals surface area contributed by atoms with Gasteiger partial charge in [0.05, 0.1) is 29.6 Å². The number of imide groups is 1. The molecule has 23 heavy (non-hydrogen) atoms. The number of hydrogen-bond donors (Lipinski definition) is 0. The van der Waals surface area contributed by atoms with Gasteiger partial charge in [0.15, 0.2) is 0 Å². The van der Waals surface area contributed by atoms with Gasteiger partial charge in [0.25, 0.3) is 11.8 Å². The molecule has 0 saturated heterocycles. The number of carbonyl (C=O) groups is 3. The van der Waals surface area contributed by atoms with Crippen LogP contribution in [-0.2, 0) is 9.53 Å². The lowest BCUT2D eigenvalue weighted by Gasteiger charge is -2.11. The third-order valence-corrected chi connectivity index (χ3v) is 3.72. The number of methoxy groups -OCH3 is 1. The lowest BCUT2D eigenvalue weighted by atomic mass is 10.0. The van der Waals surface area contributed by atoms with E-state index in [4.69, 9.17) is 0 Å². The largest absolute Gasteiger partial charge is 0.468 e. The number of pyridine rings is 1. The second-order valence-electron chi connectivity index (χ2n) is 5.15. The zero-order valence-corrected chi connectivity index (χ0v) is 12.7. The maximum absolute atomic E-state index is 12.5. The third kappa shape index (κ3) is 2.48. The van der Waals surface area contributed by atoms with E-state index >= 15 is 0 Å². The van der Waals surface area contributed by atoms with E-state index in [1.165, 1.54) is 7.11 Å². The quantitative estimate of drug-likeness (QED) is 0.638. The summed E-state index contributed by atoms with van der Waals surface area (Å²) in [6.45, 7) is 1.28. The van der Waals surface area contributed by atoms with Gasteiger partial charge in [-0.25, -0.2) is 0 Å². The first-order valence-corrected chi connectivity index (χ1v) is 7.03. The first-order valence-electron chi connectivity index (χ1n) is 7.03. The van der Waals surface area contributed by atoms with Crippen LogP contribution in [0.15, 0.2) is 36.4 Å². The van der Waals surface area contributed by atoms with Gasteiger partial charge in [0.2, 0.25) is 0 Å². The zero-order valence-electron chi connectivity index (χ0n) is 12.7. The summed E-state index contributed by atoms with van der Waals surface area (Å²) in [4.78, 5) is 41.6. The van der Waals surface area contributed by atoms with Crippen molar-refractivity contribution in [1.82, 2.24) is 9.88 Å². The molecule has 3 rings (SSSR count). The van der Waals surface area contributed by atoms with Gasteiger partial charge >= 0.3 is 5.97 Å². The van der Waals surface area contributed by atoms with E-state index in [1.54, 1.807) is 13.0 Å². The van der Waals surface area contributed by atoms with E-state index in [2.05, 4.69) is 9.72 Å². The van der Waals surface area contributed by atoms with Crippen molar-refractivity contribution < 1.29 is 19.1 Å². The number of rotatable bonds is 3. The maximum atomic E-state index is 12.5. The summed E-state index contributed by atoms with van der Waals surface area (Å²) < 4.78 is 4.53. The lowest BCUT2D eigenvalue weighted by Crippen LogP contribution is -2.35. The predicted octanol–water partition coefficient (Wildman–Crippen LogP) is 1.83. The molecule has 2 heterocycles. The Hall–Kier alpha value is -3.02. The second-order valence-corrected chi connectivity index (χ2v) is 5.15. The molecule has 2 amide bonds. The van der Waals surface area contributed by atoms with Gasteiger partial charge in [0, 0.05) is 5.56 Å². The molecular weight excluding hydrogens is 296 g/mol. The van der Waals surface area contributed by atoms with Crippen molar-refractivity contribution in [3.63, 3.8) is 0 Å². The standard InChI is InChI=1S/C17H14N2O4/c1-10-15-12(8-13(18-10)11-6-4-3-5-7-11)16(21)19(17(15)22)9-14(20)23-2/h3-8H,9H2,1-2H3. The van der Waals surface area contributed by atoms with Crippen LogP contribution in [0, 0.1) is 6.92 Å². The first kappa shape index (κ1) is 14.9. The summed E-state index contributed by atoms with van der Waals surface area (Å²) in [5.41, 5.74) is 2.45. The molecular formula is C17H14N2O4. The molecule has 0 unspecified atom stereocenters. The Morgan fingerprint density at radius 2 is 1.87 bits per heavy atom. The van der Waals surface area contributed by atoms with Crippen LogP contribution in [0.25, 0.3) is 11.3 Å². The summed E-state index contributed by atoms with van der Waals surface area (Å²) >= 11 is 0. The maximum Gasteiger partial charge on any atom is 0.325 e. The molecule has 2 aromatic rings. The number of hydrogen-bond acceptors (Lipinski definition) is 5. The summed E-state index contributed by atoms with van der Waals surface area (Å²) in [5.74, 6) is -1.66. The highest BCUT2D eigenvalue weighted by atomic mass is 16.5. The molecule has 0 radical (unpaired) electrons. The van der Waals surface area contributed by atoms with Crippen molar-refractivity contribution in [3.05, 3.63) is 53.2 Å². The molecule has 0 bridgehead atoms. The smallest absolute Gasteiger partial charge is 0.325 e. The molecule has 0 N–H and O–H groups in total. The number of aromatic nitrogens is 1. The number of amides is 2. The molecule has 0 aliphatic carbocycles. The number of fused-ring (bicyclic) bond motifs is 1. The highest BCUT2D eigenvalue weighted by molar-refractivity contribution is 6.23. The number of nitrogens with zero attached hydrogens (tertiary/aromatic N) is 2. The van der Waals surface area contributed by atoms with E-state index in [1.807, 2.05) is 30.3 Å². The van der Waals surface area contributed by atoms with Gasteiger partial charge in [-0.15, -0.1) is 0 Å². The fourth-order valence-corrected chi connectivity index (χ4v) is 2.58. The van der Waals surface area contributed by atoms with E-state index in [0.29, 0.717) is 11.4 Å². The lowest BCUT2D eigenvalue weighted by molar-refractivity contribution is -0.140. The minimum atomic E-state index is -0.645. The number of benzene rings is 1. The van der Waals surface area contributed by atoms with E-state index in [-0.39, 0.29) is 11.1 Å². The molecule has 1 aliphatic heterocycles. The van der Waals surface area contributed by atoms with Crippen molar-refractivity contribution in [3.8, 4) is 11.3 Å². The summed E-state index contributed by atoms with van der Waals surface area (Å²) in [7, 11) is 1.21. The van der Waals surface area contributed by atoms with Crippen molar-refractivity contribution >= 4 is 17.8 Å². The van der Waals surface area contributed by atoms with Gasteiger partial charge in [-0.3, -0.25) is 24.3 Å². The van der Waals surface area contributed by atoms with Crippen molar-refractivity contribution in [2.24, 2.45) is 0 Å². The highest BCUT2D eigenvalue weighted by Gasteiger charge is 2.39. The molecule has 0 saturated carbocycles. The average molecular weight is 310 g/mol. The summed E-state index contributed by atoms with van der Waals surface area (Å²) in [6, 6.07) is 11.0. The van der Waals surface area contributed by atoms with Gasteiger partial charge in [-0.05, 0) is 13.0 Å². The normalized spacial score (nSPS) is 13.2. The first-order chi connectivity index (χ1) is 11.0. The van der Waals surface area contributed by atoms with Gasteiger partial charge in [-0.1, -0.05) is 30.3 Å². The van der Waals surface area contributed by atoms with E-state index in [9.17, 15) is 14.4 Å². The zero-order chi connectivity index (χ0) is 16.6. The van der Waals surface area contributed by atoms with Crippen molar-refractivity contribution in [2.45, 2.75) is 6.92 Å². The van der Waals surface area contributed by atoms with Gasteiger partial charge in [0.1, 0.15) is 6.54 Å². The van der Waals surface area contributed by atoms with Crippen LogP contribution < -0.4 is 0 Å². The second kappa shape index (κ2) is 5.64. The van der Waals surface area contributed by atoms with Crippen LogP contribution in [0.2, 0.25) is 0 Å². The molecule has 116 valence electrons. The van der Waals surface area contributed by atoms with Crippen LogP contribution in [0.3, 0.4) is 0 Å². The average Bonchev–Trinajstić information content (AvgIpc) is 2.80. The minimum absolute atomic E-state index is 0.249. The number of carbonyl (C=O) groups excluding carboxylic acids is 3.